The van der Waals surface area contributed by atoms with Crippen LogP contribution in [-0.2, 0) is 0 Å². The van der Waals surface area contributed by atoms with Gasteiger partial charge in [-0.2, -0.15) is 20.0 Å². The maximum absolute atomic E-state index is 6.56. The normalized spacial score (nSPS) is 11.4. The Balaban J connectivity index is 1.76. The van der Waals surface area contributed by atoms with E-state index in [4.69, 9.17) is 35.4 Å². The number of para-hydroxylation sites is 1. The minimum Gasteiger partial charge on any atom is -0.250 e. The fourth-order valence-electron chi connectivity index (χ4n) is 2.73. The maximum atomic E-state index is 6.56. The second kappa shape index (κ2) is 7.71. The number of aromatic nitrogens is 5. The van der Waals surface area contributed by atoms with Gasteiger partial charge in [0.2, 0.25) is 4.77 Å². The number of aryl methyl sites for hydroxylation is 1. The molecule has 0 saturated heterocycles. The molecular formula is C19H14Cl2N6S. The lowest BCUT2D eigenvalue weighted by Gasteiger charge is -2.05. The van der Waals surface area contributed by atoms with Gasteiger partial charge in [-0.1, -0.05) is 65.7 Å². The Labute approximate surface area is 176 Å². The number of H-pyrrole nitrogens is 1. The van der Waals surface area contributed by atoms with Crippen molar-refractivity contribution in [3.05, 3.63) is 80.8 Å². The van der Waals surface area contributed by atoms with E-state index in [0.717, 1.165) is 5.56 Å². The molecule has 0 unspecified atom stereocenters. The minimum absolute atomic E-state index is 0.377. The van der Waals surface area contributed by atoms with Crippen LogP contribution in [0, 0.1) is 11.7 Å². The fourth-order valence-corrected chi connectivity index (χ4v) is 3.44. The van der Waals surface area contributed by atoms with Gasteiger partial charge in [-0.15, -0.1) is 0 Å². The summed E-state index contributed by atoms with van der Waals surface area (Å²) in [4.78, 5) is 0. The summed E-state index contributed by atoms with van der Waals surface area (Å²) in [7, 11) is 0. The van der Waals surface area contributed by atoms with E-state index >= 15 is 0 Å². The van der Waals surface area contributed by atoms with Crippen molar-refractivity contribution < 1.29 is 0 Å². The molecule has 0 saturated carbocycles. The van der Waals surface area contributed by atoms with Gasteiger partial charge in [-0.3, -0.25) is 0 Å². The van der Waals surface area contributed by atoms with Gasteiger partial charge in [0.25, 0.3) is 0 Å². The minimum atomic E-state index is 0.377. The fraction of sp³-hybridized carbons (Fsp3) is 0.0526. The summed E-state index contributed by atoms with van der Waals surface area (Å²) in [6, 6.07) is 17.0. The number of nitrogens with one attached hydrogen (secondary N) is 1. The molecule has 0 amide bonds. The van der Waals surface area contributed by atoms with Gasteiger partial charge in [0, 0.05) is 5.56 Å². The molecule has 4 rings (SSSR count). The zero-order valence-corrected chi connectivity index (χ0v) is 17.0. The van der Waals surface area contributed by atoms with E-state index in [1.807, 2.05) is 55.5 Å². The maximum Gasteiger partial charge on any atom is 0.216 e. The Morgan fingerprint density at radius 2 is 1.79 bits per heavy atom. The highest BCUT2D eigenvalue weighted by atomic mass is 35.5. The van der Waals surface area contributed by atoms with Crippen molar-refractivity contribution in [1.29, 1.82) is 0 Å². The van der Waals surface area contributed by atoms with E-state index in [0.29, 0.717) is 37.7 Å². The summed E-state index contributed by atoms with van der Waals surface area (Å²) < 4.78 is 3.52. The van der Waals surface area contributed by atoms with Gasteiger partial charge in [0.15, 0.2) is 5.82 Å². The molecule has 0 aliphatic carbocycles. The first kappa shape index (κ1) is 18.6. The molecule has 6 nitrogen and oxygen atoms in total. The van der Waals surface area contributed by atoms with E-state index in [2.05, 4.69) is 20.4 Å². The van der Waals surface area contributed by atoms with Crippen LogP contribution in [0.2, 0.25) is 10.2 Å². The van der Waals surface area contributed by atoms with Gasteiger partial charge < -0.3 is 0 Å². The van der Waals surface area contributed by atoms with E-state index in [1.165, 1.54) is 0 Å². The first-order valence-electron chi connectivity index (χ1n) is 8.33. The van der Waals surface area contributed by atoms with Gasteiger partial charge in [-0.05, 0) is 31.3 Å². The van der Waals surface area contributed by atoms with Crippen molar-refractivity contribution in [3.8, 4) is 17.1 Å². The Bertz CT molecular complexity index is 1220. The largest absolute Gasteiger partial charge is 0.250 e. The van der Waals surface area contributed by atoms with Crippen LogP contribution in [0.3, 0.4) is 0 Å². The molecule has 9 heteroatoms. The second-order valence-corrected chi connectivity index (χ2v) is 7.08. The molecule has 0 fully saturated rings. The number of aromatic amines is 1. The van der Waals surface area contributed by atoms with E-state index in [9.17, 15) is 0 Å². The molecule has 2 heterocycles. The number of rotatable bonds is 4. The van der Waals surface area contributed by atoms with Crippen LogP contribution in [0.1, 0.15) is 11.3 Å². The molecule has 4 aromatic rings. The summed E-state index contributed by atoms with van der Waals surface area (Å²) in [5, 5.41) is 17.0. The third-order valence-corrected chi connectivity index (χ3v) is 5.06. The molecule has 0 bridgehead atoms. The third kappa shape index (κ3) is 3.40. The van der Waals surface area contributed by atoms with Crippen molar-refractivity contribution in [2.75, 3.05) is 0 Å². The number of hydrogen-bond donors (Lipinski definition) is 1. The zero-order chi connectivity index (χ0) is 19.7. The highest BCUT2D eigenvalue weighted by molar-refractivity contribution is 7.71. The predicted molar refractivity (Wildman–Crippen MR) is 114 cm³/mol. The van der Waals surface area contributed by atoms with E-state index in [1.54, 1.807) is 21.6 Å². The molecule has 0 radical (unpaired) electrons. The average Bonchev–Trinajstić information content (AvgIpc) is 3.21. The Morgan fingerprint density at radius 3 is 2.54 bits per heavy atom. The van der Waals surface area contributed by atoms with Gasteiger partial charge in [-0.25, -0.2) is 9.78 Å². The summed E-state index contributed by atoms with van der Waals surface area (Å²) >= 11 is 18.2. The highest BCUT2D eigenvalue weighted by Gasteiger charge is 2.15. The zero-order valence-electron chi connectivity index (χ0n) is 14.7. The van der Waals surface area contributed by atoms with Gasteiger partial charge in [0.05, 0.1) is 28.2 Å². The lowest BCUT2D eigenvalue weighted by Crippen LogP contribution is -1.98. The quantitative estimate of drug-likeness (QED) is 0.354. The van der Waals surface area contributed by atoms with Crippen molar-refractivity contribution >= 4 is 41.6 Å². The van der Waals surface area contributed by atoms with Crippen LogP contribution in [0.15, 0.2) is 59.7 Å². The first-order chi connectivity index (χ1) is 13.6. The topological polar surface area (TPSA) is 63.8 Å². The van der Waals surface area contributed by atoms with Gasteiger partial charge in [0.1, 0.15) is 5.15 Å². The molecule has 2 aromatic carbocycles. The molecule has 1 N–H and O–H groups in total. The summed E-state index contributed by atoms with van der Waals surface area (Å²) in [5.74, 6) is 0.606. The molecule has 0 aliphatic rings. The SMILES string of the molecule is Cc1nn(-c2ccccc2Cl)c(Cl)c1/C=N/n1c(-c2ccccc2)n[nH]c1=S. The Hall–Kier alpha value is -2.74. The van der Waals surface area contributed by atoms with Crippen LogP contribution in [0.5, 0.6) is 0 Å². The van der Waals surface area contributed by atoms with Gasteiger partial charge >= 0.3 is 0 Å². The number of benzene rings is 2. The molecule has 28 heavy (non-hydrogen) atoms. The lowest BCUT2D eigenvalue weighted by molar-refractivity contribution is 0.863. The molecule has 140 valence electrons. The molecular weight excluding hydrogens is 415 g/mol. The Kier molecular flexibility index (Phi) is 5.13. The smallest absolute Gasteiger partial charge is 0.216 e. The van der Waals surface area contributed by atoms with Crippen LogP contribution in [-0.4, -0.2) is 30.9 Å². The monoisotopic (exact) mass is 428 g/mol. The second-order valence-electron chi connectivity index (χ2n) is 5.93. The van der Waals surface area contributed by atoms with Crippen LogP contribution in [0.4, 0.5) is 0 Å². The summed E-state index contributed by atoms with van der Waals surface area (Å²) in [6.07, 6.45) is 1.62. The lowest BCUT2D eigenvalue weighted by atomic mass is 10.2. The predicted octanol–water partition coefficient (Wildman–Crippen LogP) is 5.29. The molecule has 2 aromatic heterocycles. The molecule has 0 aliphatic heterocycles. The van der Waals surface area contributed by atoms with Crippen molar-refractivity contribution in [1.82, 2.24) is 24.7 Å². The average molecular weight is 429 g/mol. The first-order valence-corrected chi connectivity index (χ1v) is 9.50. The number of halogens is 2. The number of nitrogens with zero attached hydrogens (tertiary/aromatic N) is 5. The summed E-state index contributed by atoms with van der Waals surface area (Å²) in [6.45, 7) is 1.85. The van der Waals surface area contributed by atoms with Crippen molar-refractivity contribution in [2.45, 2.75) is 6.92 Å². The molecule has 0 spiro atoms. The standard InChI is InChI=1S/C19H14Cl2N6S/c1-12-14(17(21)26(25-12)16-10-6-5-9-15(16)20)11-22-27-18(23-24-19(27)28)13-7-3-2-4-8-13/h2-11H,1H3,(H,24,28)/b22-11+. The Morgan fingerprint density at radius 1 is 1.07 bits per heavy atom. The summed E-state index contributed by atoms with van der Waals surface area (Å²) in [5.41, 5.74) is 2.97. The number of hydrogen-bond acceptors (Lipinski definition) is 4. The van der Waals surface area contributed by atoms with E-state index < -0.39 is 0 Å². The third-order valence-electron chi connectivity index (χ3n) is 4.11. The van der Waals surface area contributed by atoms with Crippen LogP contribution < -0.4 is 0 Å². The molecule has 0 atom stereocenters. The highest BCUT2D eigenvalue weighted by Crippen LogP contribution is 2.27. The van der Waals surface area contributed by atoms with Crippen molar-refractivity contribution in [3.63, 3.8) is 0 Å². The van der Waals surface area contributed by atoms with Crippen LogP contribution in [0.25, 0.3) is 17.1 Å². The van der Waals surface area contributed by atoms with Crippen LogP contribution >= 0.6 is 35.4 Å². The van der Waals surface area contributed by atoms with E-state index in [-0.39, 0.29) is 0 Å². The van der Waals surface area contributed by atoms with Crippen molar-refractivity contribution in [2.24, 2.45) is 5.10 Å².